The summed E-state index contributed by atoms with van der Waals surface area (Å²) >= 11 is 0. The zero-order valence-corrected chi connectivity index (χ0v) is 24.4. The number of methoxy groups -OCH3 is 2. The van der Waals surface area contributed by atoms with Gasteiger partial charge in [0, 0.05) is 42.5 Å². The lowest BCUT2D eigenvalue weighted by atomic mass is 9.84. The van der Waals surface area contributed by atoms with E-state index in [-0.39, 0.29) is 25.5 Å². The van der Waals surface area contributed by atoms with E-state index in [0.717, 1.165) is 16.7 Å². The molecule has 0 bridgehead atoms. The Morgan fingerprint density at radius 1 is 1.07 bits per heavy atom. The number of aliphatic imine (C=N–C) groups is 1. The van der Waals surface area contributed by atoms with Crippen molar-refractivity contribution in [2.45, 2.75) is 44.5 Å². The largest absolute Gasteiger partial charge is 0.497 e. The Hall–Kier alpha value is -4.77. The van der Waals surface area contributed by atoms with Gasteiger partial charge >= 0.3 is 0 Å². The summed E-state index contributed by atoms with van der Waals surface area (Å²) in [6.07, 6.45) is 0.111. The minimum absolute atomic E-state index is 0.0549. The molecule has 0 saturated heterocycles. The number of hydrogen-bond donors (Lipinski definition) is 3. The van der Waals surface area contributed by atoms with E-state index >= 15 is 0 Å². The molecule has 0 saturated carbocycles. The Kier molecular flexibility index (Phi) is 10.8. The van der Waals surface area contributed by atoms with Crippen LogP contribution in [0.15, 0.2) is 76.8 Å². The highest BCUT2D eigenvalue weighted by molar-refractivity contribution is 6.00. The number of nitrogens with one attached hydrogen (secondary N) is 2. The first-order valence-corrected chi connectivity index (χ1v) is 13.9. The van der Waals surface area contributed by atoms with Crippen molar-refractivity contribution < 1.29 is 28.8 Å². The number of ether oxygens (including phenoxy) is 4. The van der Waals surface area contributed by atoms with E-state index in [1.54, 1.807) is 32.4 Å². The molecule has 0 aliphatic carbocycles. The molecule has 0 aromatic heterocycles. The highest BCUT2D eigenvalue weighted by atomic mass is 16.5. The van der Waals surface area contributed by atoms with Gasteiger partial charge in [0.05, 0.1) is 27.4 Å². The van der Waals surface area contributed by atoms with E-state index in [1.165, 1.54) is 0 Å². The van der Waals surface area contributed by atoms with Crippen LogP contribution in [0.25, 0.3) is 10.4 Å². The van der Waals surface area contributed by atoms with Gasteiger partial charge in [-0.2, -0.15) is 0 Å². The predicted molar refractivity (Wildman–Crippen MR) is 161 cm³/mol. The lowest BCUT2D eigenvalue weighted by Crippen LogP contribution is -2.55. The molecule has 0 spiro atoms. The van der Waals surface area contributed by atoms with Crippen molar-refractivity contribution >= 4 is 11.8 Å². The number of azide groups is 1. The molecule has 1 aliphatic heterocycles. The summed E-state index contributed by atoms with van der Waals surface area (Å²) in [5.41, 5.74) is 16.5. The number of aliphatic hydroxyl groups is 1. The summed E-state index contributed by atoms with van der Waals surface area (Å²) in [6.45, 7) is 2.71. The van der Waals surface area contributed by atoms with E-state index < -0.39 is 11.6 Å². The van der Waals surface area contributed by atoms with Crippen molar-refractivity contribution in [3.05, 3.63) is 99.4 Å². The van der Waals surface area contributed by atoms with E-state index in [2.05, 4.69) is 20.9 Å². The maximum atomic E-state index is 14.0. The van der Waals surface area contributed by atoms with Crippen LogP contribution in [-0.4, -0.2) is 56.0 Å². The molecule has 0 radical (unpaired) electrons. The van der Waals surface area contributed by atoms with E-state index in [0.29, 0.717) is 48.3 Å². The van der Waals surface area contributed by atoms with Gasteiger partial charge in [-0.25, -0.2) is 10.4 Å². The Labute approximate surface area is 250 Å². The summed E-state index contributed by atoms with van der Waals surface area (Å²) in [5, 5.41) is 12.7. The van der Waals surface area contributed by atoms with Crippen molar-refractivity contribution in [2.24, 2.45) is 10.1 Å². The van der Waals surface area contributed by atoms with Gasteiger partial charge in [0.15, 0.2) is 5.54 Å². The van der Waals surface area contributed by atoms with Crippen LogP contribution in [0.4, 0.5) is 0 Å². The van der Waals surface area contributed by atoms with Crippen LogP contribution < -0.4 is 25.1 Å². The second-order valence-electron chi connectivity index (χ2n) is 9.91. The van der Waals surface area contributed by atoms with Crippen molar-refractivity contribution in [3.63, 3.8) is 0 Å². The van der Waals surface area contributed by atoms with Crippen molar-refractivity contribution in [1.29, 1.82) is 0 Å². The monoisotopic (exact) mass is 588 g/mol. The fourth-order valence-electron chi connectivity index (χ4n) is 4.73. The quantitative estimate of drug-likeness (QED) is 0.0787. The summed E-state index contributed by atoms with van der Waals surface area (Å²) in [6, 6.07) is 20.2. The van der Waals surface area contributed by atoms with Gasteiger partial charge in [0.1, 0.15) is 23.4 Å². The van der Waals surface area contributed by atoms with Crippen LogP contribution >= 0.6 is 0 Å². The lowest BCUT2D eigenvalue weighted by Gasteiger charge is -2.29. The molecule has 43 heavy (non-hydrogen) atoms. The number of carbonyl (C=O) groups is 1. The van der Waals surface area contributed by atoms with Crippen LogP contribution in [0.1, 0.15) is 35.6 Å². The summed E-state index contributed by atoms with van der Waals surface area (Å²) in [5.74, 6) is 1.86. The summed E-state index contributed by atoms with van der Waals surface area (Å²) in [4.78, 5) is 21.8. The number of benzene rings is 3. The molecular formula is C31H36N6O6. The average molecular weight is 589 g/mol. The second-order valence-corrected chi connectivity index (χ2v) is 9.91. The van der Waals surface area contributed by atoms with Crippen LogP contribution in [0.2, 0.25) is 0 Å². The zero-order valence-electron chi connectivity index (χ0n) is 24.4. The maximum Gasteiger partial charge on any atom is 0.266 e. The van der Waals surface area contributed by atoms with Crippen molar-refractivity contribution in [3.8, 4) is 17.2 Å². The van der Waals surface area contributed by atoms with Crippen LogP contribution in [0.5, 0.6) is 17.2 Å². The number of nitrogens with zero attached hydrogens (tertiary/aromatic N) is 4. The molecule has 12 heteroatoms. The Balaban J connectivity index is 1.61. The minimum atomic E-state index is -1.34. The van der Waals surface area contributed by atoms with Crippen LogP contribution in [-0.2, 0) is 29.0 Å². The zero-order chi connectivity index (χ0) is 30.7. The van der Waals surface area contributed by atoms with Gasteiger partial charge in [0.2, 0.25) is 5.90 Å². The molecular weight excluding hydrogens is 552 g/mol. The van der Waals surface area contributed by atoms with Crippen molar-refractivity contribution in [1.82, 2.24) is 10.9 Å². The van der Waals surface area contributed by atoms with Gasteiger partial charge in [-0.3, -0.25) is 10.2 Å². The third kappa shape index (κ3) is 7.75. The van der Waals surface area contributed by atoms with E-state index in [4.69, 9.17) is 34.6 Å². The van der Waals surface area contributed by atoms with E-state index in [9.17, 15) is 4.79 Å². The molecule has 3 aromatic rings. The summed E-state index contributed by atoms with van der Waals surface area (Å²) < 4.78 is 22.5. The lowest BCUT2D eigenvalue weighted by molar-refractivity contribution is -0.129. The molecule has 3 aromatic carbocycles. The average Bonchev–Trinajstić information content (AvgIpc) is 3.37. The molecule has 0 fully saturated rings. The van der Waals surface area contributed by atoms with E-state index in [1.807, 2.05) is 55.5 Å². The maximum absolute atomic E-state index is 14.0. The van der Waals surface area contributed by atoms with Gasteiger partial charge < -0.3 is 24.1 Å². The molecule has 0 unspecified atom stereocenters. The Bertz CT molecular complexity index is 1450. The number of aliphatic hydroxyl groups excluding tert-OH is 1. The summed E-state index contributed by atoms with van der Waals surface area (Å²) in [7, 11) is 3.15. The standard InChI is InChI=1S/C31H36N6O6/c1-21-31(18-24-7-4-5-8-25(24)20-34-37-32,30(39)36-33-19-22-15-27(40-2)17-28(16-22)41-3)35-29(43-21)23-9-11-26(12-10-23)42-14-6-13-38/h4-5,7-12,15-17,21,33,38H,6,13-14,18-20H2,1-3H3,(H,36,39)/t21-,31-/m0/s1. The molecule has 2 atom stereocenters. The molecule has 12 nitrogen and oxygen atoms in total. The number of hydrogen-bond acceptors (Lipinski definition) is 9. The first-order valence-electron chi connectivity index (χ1n) is 13.9. The van der Waals surface area contributed by atoms with Gasteiger partial charge in [0.25, 0.3) is 5.91 Å². The number of amides is 1. The molecule has 1 amide bonds. The Morgan fingerprint density at radius 2 is 1.77 bits per heavy atom. The highest BCUT2D eigenvalue weighted by Gasteiger charge is 2.50. The van der Waals surface area contributed by atoms with Gasteiger partial charge in [-0.1, -0.05) is 29.4 Å². The normalized spacial score (nSPS) is 17.3. The number of rotatable bonds is 15. The third-order valence-corrected chi connectivity index (χ3v) is 7.12. The molecule has 226 valence electrons. The second kappa shape index (κ2) is 14.9. The molecule has 1 heterocycles. The predicted octanol–water partition coefficient (Wildman–Crippen LogP) is 4.24. The fourth-order valence-corrected chi connectivity index (χ4v) is 4.73. The molecule has 3 N–H and O–H groups in total. The fraction of sp³-hybridized carbons (Fsp3) is 0.355. The first-order chi connectivity index (χ1) is 20.9. The number of hydrazine groups is 1. The van der Waals surface area contributed by atoms with Gasteiger partial charge in [-0.15, -0.1) is 0 Å². The smallest absolute Gasteiger partial charge is 0.266 e. The van der Waals surface area contributed by atoms with Crippen LogP contribution in [0.3, 0.4) is 0 Å². The third-order valence-electron chi connectivity index (χ3n) is 7.12. The van der Waals surface area contributed by atoms with Crippen molar-refractivity contribution in [2.75, 3.05) is 27.4 Å². The first kappa shape index (κ1) is 31.2. The highest BCUT2D eigenvalue weighted by Crippen LogP contribution is 2.34. The number of carbonyl (C=O) groups excluding carboxylic acids is 1. The minimum Gasteiger partial charge on any atom is -0.497 e. The molecule has 1 aliphatic rings. The topological polar surface area (TPSA) is 159 Å². The van der Waals surface area contributed by atoms with Gasteiger partial charge in [-0.05, 0) is 65.5 Å². The Morgan fingerprint density at radius 3 is 2.42 bits per heavy atom. The SMILES string of the molecule is COc1cc(CNNC(=O)[C@@]2(Cc3ccccc3CN=[N+]=[N-])N=C(c3ccc(OCCCO)cc3)O[C@H]2C)cc(OC)c1. The molecule has 4 rings (SSSR count). The van der Waals surface area contributed by atoms with Crippen LogP contribution in [0, 0.1) is 0 Å².